The highest BCUT2D eigenvalue weighted by molar-refractivity contribution is 6.73. The second kappa shape index (κ2) is 5.69. The van der Waals surface area contributed by atoms with Crippen molar-refractivity contribution in [2.45, 2.75) is 70.4 Å². The summed E-state index contributed by atoms with van der Waals surface area (Å²) in [6.07, 6.45) is 0.536. The molecule has 1 saturated heterocycles. The molecule has 0 radical (unpaired) electrons. The Hall–Kier alpha value is -0.943. The molecule has 1 aliphatic carbocycles. The highest BCUT2D eigenvalue weighted by atomic mass is 28.4. The average Bonchev–Trinajstić information content (AvgIpc) is 2.72. The fourth-order valence-electron chi connectivity index (χ4n) is 3.57. The van der Waals surface area contributed by atoms with Crippen LogP contribution < -0.4 is 0 Å². The van der Waals surface area contributed by atoms with Gasteiger partial charge in [-0.15, -0.1) is 0 Å². The van der Waals surface area contributed by atoms with Gasteiger partial charge in [0.2, 0.25) is 0 Å². The molecular weight excluding hydrogens is 284 g/mol. The number of ketones is 1. The standard InChI is InChI=1S/C16H26O4Si/c1-6-21(7-2,8-3)20-16(5)10-13-12(9-14(16)17)11(4)15(18)19-13/h12-13H,4,6-10H2,1-3,5H3/t12-,13-,16+/m1/s1. The number of esters is 1. The molecule has 4 nitrogen and oxygen atoms in total. The maximum Gasteiger partial charge on any atom is 0.334 e. The number of rotatable bonds is 5. The smallest absolute Gasteiger partial charge is 0.334 e. The molecule has 0 amide bonds. The Labute approximate surface area is 128 Å². The van der Waals surface area contributed by atoms with E-state index in [1.807, 2.05) is 6.92 Å². The normalized spacial score (nSPS) is 33.0. The first kappa shape index (κ1) is 16.4. The van der Waals surface area contributed by atoms with Crippen LogP contribution in [0, 0.1) is 5.92 Å². The minimum Gasteiger partial charge on any atom is -0.458 e. The molecule has 0 aromatic rings. The van der Waals surface area contributed by atoms with Crippen LogP contribution in [-0.2, 0) is 18.8 Å². The number of Topliss-reactive ketones (excluding diaryl/α,β-unsaturated/α-hetero) is 1. The van der Waals surface area contributed by atoms with Gasteiger partial charge in [0.15, 0.2) is 14.1 Å². The molecule has 0 aromatic heterocycles. The zero-order chi connectivity index (χ0) is 15.8. The van der Waals surface area contributed by atoms with E-state index in [0.717, 1.165) is 18.1 Å². The van der Waals surface area contributed by atoms with Crippen molar-refractivity contribution in [3.63, 3.8) is 0 Å². The van der Waals surface area contributed by atoms with Crippen LogP contribution in [0.2, 0.25) is 18.1 Å². The van der Waals surface area contributed by atoms with Crippen molar-refractivity contribution >= 4 is 20.1 Å². The van der Waals surface area contributed by atoms with Crippen LogP contribution >= 0.6 is 0 Å². The molecule has 0 spiro atoms. The lowest BCUT2D eigenvalue weighted by molar-refractivity contribution is -0.151. The number of carbonyl (C=O) groups excluding carboxylic acids is 2. The SMILES string of the molecule is C=C1C(=O)O[C@@H]2C[C@](C)(O[Si](CC)(CC)CC)C(=O)C[C@H]12. The van der Waals surface area contributed by atoms with E-state index in [2.05, 4.69) is 27.4 Å². The summed E-state index contributed by atoms with van der Waals surface area (Å²) in [5.41, 5.74) is -0.360. The van der Waals surface area contributed by atoms with E-state index in [4.69, 9.17) is 9.16 Å². The molecular formula is C16H26O4Si. The van der Waals surface area contributed by atoms with E-state index in [-0.39, 0.29) is 23.8 Å². The van der Waals surface area contributed by atoms with Crippen molar-refractivity contribution in [3.05, 3.63) is 12.2 Å². The van der Waals surface area contributed by atoms with E-state index in [1.54, 1.807) is 0 Å². The van der Waals surface area contributed by atoms with Crippen LogP contribution in [0.4, 0.5) is 0 Å². The Balaban J connectivity index is 2.21. The van der Waals surface area contributed by atoms with Gasteiger partial charge < -0.3 is 9.16 Å². The molecule has 118 valence electrons. The summed E-state index contributed by atoms with van der Waals surface area (Å²) in [5, 5.41) is 0. The zero-order valence-electron chi connectivity index (χ0n) is 13.5. The van der Waals surface area contributed by atoms with Gasteiger partial charge in [-0.05, 0) is 25.1 Å². The first-order valence-corrected chi connectivity index (χ1v) is 10.5. The molecule has 0 bridgehead atoms. The maximum absolute atomic E-state index is 12.6. The maximum atomic E-state index is 12.6. The summed E-state index contributed by atoms with van der Waals surface area (Å²) < 4.78 is 11.9. The summed E-state index contributed by atoms with van der Waals surface area (Å²) in [6, 6.07) is 3.01. The molecule has 0 unspecified atom stereocenters. The monoisotopic (exact) mass is 310 g/mol. The van der Waals surface area contributed by atoms with Crippen LogP contribution in [0.5, 0.6) is 0 Å². The quantitative estimate of drug-likeness (QED) is 0.444. The first-order valence-electron chi connectivity index (χ1n) is 7.94. The highest BCUT2D eigenvalue weighted by Crippen LogP contribution is 2.43. The van der Waals surface area contributed by atoms with Gasteiger partial charge >= 0.3 is 5.97 Å². The average molecular weight is 310 g/mol. The van der Waals surface area contributed by atoms with Crippen molar-refractivity contribution in [1.82, 2.24) is 0 Å². The van der Waals surface area contributed by atoms with Gasteiger partial charge in [0.1, 0.15) is 11.7 Å². The van der Waals surface area contributed by atoms with Crippen LogP contribution in [0.15, 0.2) is 12.2 Å². The summed E-state index contributed by atoms with van der Waals surface area (Å²) in [6.45, 7) is 12.1. The van der Waals surface area contributed by atoms with Crippen molar-refractivity contribution < 1.29 is 18.8 Å². The Bertz CT molecular complexity index is 461. The molecule has 1 aliphatic heterocycles. The first-order chi connectivity index (χ1) is 9.80. The Kier molecular flexibility index (Phi) is 4.45. The minimum atomic E-state index is -1.88. The summed E-state index contributed by atoms with van der Waals surface area (Å²) >= 11 is 0. The summed E-state index contributed by atoms with van der Waals surface area (Å²) in [4.78, 5) is 24.3. The molecule has 0 N–H and O–H groups in total. The lowest BCUT2D eigenvalue weighted by Crippen LogP contribution is -2.55. The molecule has 21 heavy (non-hydrogen) atoms. The molecule has 0 aromatic carbocycles. The van der Waals surface area contributed by atoms with Gasteiger partial charge in [-0.25, -0.2) is 4.79 Å². The van der Waals surface area contributed by atoms with Crippen LogP contribution in [0.1, 0.15) is 40.5 Å². The molecule has 2 rings (SSSR count). The van der Waals surface area contributed by atoms with Gasteiger partial charge in [-0.3, -0.25) is 4.79 Å². The molecule has 5 heteroatoms. The lowest BCUT2D eigenvalue weighted by atomic mass is 9.75. The number of ether oxygens (including phenoxy) is 1. The van der Waals surface area contributed by atoms with Crippen molar-refractivity contribution in [2.24, 2.45) is 5.92 Å². The number of hydrogen-bond acceptors (Lipinski definition) is 4. The van der Waals surface area contributed by atoms with Gasteiger partial charge in [-0.1, -0.05) is 27.4 Å². The molecule has 2 fully saturated rings. The molecule has 3 atom stereocenters. The topological polar surface area (TPSA) is 52.6 Å². The number of hydrogen-bond donors (Lipinski definition) is 0. The fraction of sp³-hybridized carbons (Fsp3) is 0.750. The highest BCUT2D eigenvalue weighted by Gasteiger charge is 2.53. The Morgan fingerprint density at radius 3 is 2.38 bits per heavy atom. The third kappa shape index (κ3) is 2.73. The van der Waals surface area contributed by atoms with Crippen molar-refractivity contribution in [3.8, 4) is 0 Å². The molecule has 2 aliphatic rings. The number of carbonyl (C=O) groups is 2. The fourth-order valence-corrected chi connectivity index (χ4v) is 6.65. The predicted octanol–water partition coefficient (Wildman–Crippen LogP) is 3.23. The predicted molar refractivity (Wildman–Crippen MR) is 83.4 cm³/mol. The van der Waals surface area contributed by atoms with E-state index in [0.29, 0.717) is 18.4 Å². The minimum absolute atomic E-state index is 0.0930. The van der Waals surface area contributed by atoms with Gasteiger partial charge in [0, 0.05) is 24.3 Å². The van der Waals surface area contributed by atoms with Crippen molar-refractivity contribution in [2.75, 3.05) is 0 Å². The van der Waals surface area contributed by atoms with E-state index in [1.165, 1.54) is 0 Å². The molecule has 1 heterocycles. The van der Waals surface area contributed by atoms with E-state index in [9.17, 15) is 9.59 Å². The second-order valence-electron chi connectivity index (χ2n) is 6.48. The molecule has 1 saturated carbocycles. The zero-order valence-corrected chi connectivity index (χ0v) is 14.5. The summed E-state index contributed by atoms with van der Waals surface area (Å²) in [5.74, 6) is -0.412. The van der Waals surface area contributed by atoms with Crippen LogP contribution in [0.25, 0.3) is 0 Å². The third-order valence-corrected chi connectivity index (χ3v) is 10.1. The van der Waals surface area contributed by atoms with Crippen LogP contribution in [-0.4, -0.2) is 31.8 Å². The third-order valence-electron chi connectivity index (χ3n) is 5.38. The largest absolute Gasteiger partial charge is 0.458 e. The van der Waals surface area contributed by atoms with Gasteiger partial charge in [-0.2, -0.15) is 0 Å². The lowest BCUT2D eigenvalue weighted by Gasteiger charge is -2.43. The Morgan fingerprint density at radius 2 is 1.86 bits per heavy atom. The Morgan fingerprint density at radius 1 is 1.29 bits per heavy atom. The van der Waals surface area contributed by atoms with Gasteiger partial charge in [0.25, 0.3) is 0 Å². The van der Waals surface area contributed by atoms with Crippen LogP contribution in [0.3, 0.4) is 0 Å². The van der Waals surface area contributed by atoms with Crippen molar-refractivity contribution in [1.29, 1.82) is 0 Å². The van der Waals surface area contributed by atoms with E-state index < -0.39 is 13.9 Å². The summed E-state index contributed by atoms with van der Waals surface area (Å²) in [7, 11) is -1.88. The second-order valence-corrected chi connectivity index (χ2v) is 11.2. The van der Waals surface area contributed by atoms with Gasteiger partial charge in [0.05, 0.1) is 0 Å². The number of fused-ring (bicyclic) bond motifs is 1. The van der Waals surface area contributed by atoms with E-state index >= 15 is 0 Å².